The standard InChI is InChI=1S/C18H24N2O3S/c1-11-6-5-7-12(8-11)10-19-14(21)9-13-15(16(22)23)24-17(20-13)18(2,3)4/h5-8,14,19,21H,9-10H2,1-4H3,(H,22,23). The SMILES string of the molecule is Cc1cccc(CNC(O)Cc2nc(C(C)(C)C)sc2C(=O)O)c1. The molecule has 2 rings (SSSR count). The molecule has 1 heterocycles. The molecule has 0 saturated heterocycles. The Bertz CT molecular complexity index is 719. The van der Waals surface area contributed by atoms with E-state index in [2.05, 4.69) is 10.3 Å². The molecule has 0 aliphatic rings. The monoisotopic (exact) mass is 348 g/mol. The van der Waals surface area contributed by atoms with Crippen LogP contribution < -0.4 is 5.32 Å². The maximum Gasteiger partial charge on any atom is 0.347 e. The lowest BCUT2D eigenvalue weighted by molar-refractivity contribution is 0.0699. The van der Waals surface area contributed by atoms with Crippen LogP contribution in [0.1, 0.15) is 52.3 Å². The van der Waals surface area contributed by atoms with Crippen LogP contribution in [-0.4, -0.2) is 27.4 Å². The summed E-state index contributed by atoms with van der Waals surface area (Å²) in [5.41, 5.74) is 2.45. The fourth-order valence-electron chi connectivity index (χ4n) is 2.29. The van der Waals surface area contributed by atoms with Crippen molar-refractivity contribution in [3.63, 3.8) is 0 Å². The van der Waals surface area contributed by atoms with Gasteiger partial charge in [-0.05, 0) is 12.5 Å². The zero-order chi connectivity index (χ0) is 17.9. The summed E-state index contributed by atoms with van der Waals surface area (Å²) in [6, 6.07) is 8.01. The molecule has 0 saturated carbocycles. The number of rotatable bonds is 6. The predicted octanol–water partition coefficient (Wildman–Crippen LogP) is 3.10. The molecule has 24 heavy (non-hydrogen) atoms. The van der Waals surface area contributed by atoms with Gasteiger partial charge in [-0.2, -0.15) is 0 Å². The minimum Gasteiger partial charge on any atom is -0.477 e. The van der Waals surface area contributed by atoms with Gasteiger partial charge in [0, 0.05) is 18.4 Å². The quantitative estimate of drug-likeness (QED) is 0.699. The van der Waals surface area contributed by atoms with Crippen LogP contribution in [0.15, 0.2) is 24.3 Å². The minimum atomic E-state index is -0.996. The Morgan fingerprint density at radius 1 is 1.38 bits per heavy atom. The molecule has 1 aromatic heterocycles. The number of hydrogen-bond acceptors (Lipinski definition) is 5. The van der Waals surface area contributed by atoms with Crippen molar-refractivity contribution >= 4 is 17.3 Å². The van der Waals surface area contributed by atoms with Crippen LogP contribution >= 0.6 is 11.3 Å². The molecule has 2 aromatic rings. The maximum absolute atomic E-state index is 11.4. The van der Waals surface area contributed by atoms with Crippen molar-refractivity contribution in [3.05, 3.63) is 51.0 Å². The van der Waals surface area contributed by atoms with Crippen LogP contribution in [0.25, 0.3) is 0 Å². The highest BCUT2D eigenvalue weighted by Crippen LogP contribution is 2.30. The first-order valence-electron chi connectivity index (χ1n) is 7.87. The van der Waals surface area contributed by atoms with E-state index in [0.717, 1.165) is 16.1 Å². The summed E-state index contributed by atoms with van der Waals surface area (Å²) < 4.78 is 0. The molecule has 6 heteroatoms. The Morgan fingerprint density at radius 3 is 2.67 bits per heavy atom. The van der Waals surface area contributed by atoms with E-state index in [1.165, 1.54) is 11.3 Å². The van der Waals surface area contributed by atoms with E-state index >= 15 is 0 Å². The topological polar surface area (TPSA) is 82.5 Å². The fourth-order valence-corrected chi connectivity index (χ4v) is 3.28. The Morgan fingerprint density at radius 2 is 2.08 bits per heavy atom. The first kappa shape index (κ1) is 18.6. The van der Waals surface area contributed by atoms with Crippen LogP contribution in [0.3, 0.4) is 0 Å². The number of benzene rings is 1. The van der Waals surface area contributed by atoms with Crippen molar-refractivity contribution in [2.45, 2.75) is 52.3 Å². The number of nitrogens with one attached hydrogen (secondary N) is 1. The first-order valence-corrected chi connectivity index (χ1v) is 8.69. The van der Waals surface area contributed by atoms with Crippen molar-refractivity contribution < 1.29 is 15.0 Å². The maximum atomic E-state index is 11.4. The van der Waals surface area contributed by atoms with Gasteiger partial charge < -0.3 is 10.2 Å². The first-order chi connectivity index (χ1) is 11.2. The van der Waals surface area contributed by atoms with Gasteiger partial charge in [0.05, 0.1) is 10.7 Å². The number of aliphatic hydroxyl groups excluding tert-OH is 1. The molecule has 1 atom stereocenters. The normalized spacial score (nSPS) is 13.0. The second-order valence-corrected chi connectivity index (χ2v) is 7.94. The second kappa shape index (κ2) is 7.42. The summed E-state index contributed by atoms with van der Waals surface area (Å²) in [7, 11) is 0. The van der Waals surface area contributed by atoms with Gasteiger partial charge in [-0.25, -0.2) is 9.78 Å². The van der Waals surface area contributed by atoms with Gasteiger partial charge in [0.1, 0.15) is 11.1 Å². The average Bonchev–Trinajstić information content (AvgIpc) is 2.89. The van der Waals surface area contributed by atoms with Crippen LogP contribution in [0.2, 0.25) is 0 Å². The number of aromatic nitrogens is 1. The fraction of sp³-hybridized carbons (Fsp3) is 0.444. The van der Waals surface area contributed by atoms with Crippen molar-refractivity contribution in [2.24, 2.45) is 0 Å². The van der Waals surface area contributed by atoms with Crippen LogP contribution in [-0.2, 0) is 18.4 Å². The largest absolute Gasteiger partial charge is 0.477 e. The van der Waals surface area contributed by atoms with E-state index < -0.39 is 12.2 Å². The van der Waals surface area contributed by atoms with Crippen molar-refractivity contribution in [1.29, 1.82) is 0 Å². The Hall–Kier alpha value is -1.76. The molecule has 0 amide bonds. The van der Waals surface area contributed by atoms with E-state index in [1.807, 2.05) is 52.0 Å². The summed E-state index contributed by atoms with van der Waals surface area (Å²) in [5, 5.41) is 23.4. The summed E-state index contributed by atoms with van der Waals surface area (Å²) in [6.07, 6.45) is -0.682. The molecule has 130 valence electrons. The Balaban J connectivity index is 2.06. The molecule has 0 radical (unpaired) electrons. The number of carbonyl (C=O) groups is 1. The third-order valence-electron chi connectivity index (χ3n) is 3.54. The molecule has 1 unspecified atom stereocenters. The average molecular weight is 348 g/mol. The number of aliphatic hydroxyl groups is 1. The number of aromatic carboxylic acids is 1. The number of nitrogens with zero attached hydrogens (tertiary/aromatic N) is 1. The van der Waals surface area contributed by atoms with Gasteiger partial charge in [-0.15, -0.1) is 11.3 Å². The molecule has 0 aliphatic heterocycles. The summed E-state index contributed by atoms with van der Waals surface area (Å²) >= 11 is 1.18. The van der Waals surface area contributed by atoms with Crippen molar-refractivity contribution in [3.8, 4) is 0 Å². The molecule has 3 N–H and O–H groups in total. The van der Waals surface area contributed by atoms with Gasteiger partial charge in [0.2, 0.25) is 0 Å². The molecule has 5 nitrogen and oxygen atoms in total. The zero-order valence-electron chi connectivity index (χ0n) is 14.5. The van der Waals surface area contributed by atoms with Crippen LogP contribution in [0.5, 0.6) is 0 Å². The summed E-state index contributed by atoms with van der Waals surface area (Å²) in [5.74, 6) is -0.996. The van der Waals surface area contributed by atoms with Gasteiger partial charge in [-0.3, -0.25) is 5.32 Å². The van der Waals surface area contributed by atoms with E-state index in [0.29, 0.717) is 12.2 Å². The van der Waals surface area contributed by atoms with Gasteiger partial charge in [-0.1, -0.05) is 50.6 Å². The molecular weight excluding hydrogens is 324 g/mol. The smallest absolute Gasteiger partial charge is 0.347 e. The van der Waals surface area contributed by atoms with E-state index in [1.54, 1.807) is 0 Å². The number of aryl methyl sites for hydroxylation is 1. The number of hydrogen-bond donors (Lipinski definition) is 3. The second-order valence-electron chi connectivity index (χ2n) is 6.94. The third-order valence-corrected chi connectivity index (χ3v) is 5.06. The van der Waals surface area contributed by atoms with Gasteiger partial charge in [0.15, 0.2) is 0 Å². The Labute approximate surface area is 146 Å². The highest BCUT2D eigenvalue weighted by atomic mass is 32.1. The van der Waals surface area contributed by atoms with E-state index in [4.69, 9.17) is 0 Å². The van der Waals surface area contributed by atoms with Crippen LogP contribution in [0.4, 0.5) is 0 Å². The molecule has 0 spiro atoms. The molecule has 0 aliphatic carbocycles. The van der Waals surface area contributed by atoms with Gasteiger partial charge >= 0.3 is 5.97 Å². The number of thiazole rings is 1. The van der Waals surface area contributed by atoms with Gasteiger partial charge in [0.25, 0.3) is 0 Å². The Kier molecular flexibility index (Phi) is 5.74. The molecule has 0 fully saturated rings. The lowest BCUT2D eigenvalue weighted by Gasteiger charge is -2.14. The zero-order valence-corrected chi connectivity index (χ0v) is 15.3. The van der Waals surface area contributed by atoms with E-state index in [-0.39, 0.29) is 16.7 Å². The highest BCUT2D eigenvalue weighted by Gasteiger charge is 2.25. The highest BCUT2D eigenvalue weighted by molar-refractivity contribution is 7.13. The third kappa shape index (κ3) is 4.87. The number of carboxylic acid groups (broad SMARTS) is 1. The molecule has 1 aromatic carbocycles. The summed E-state index contributed by atoms with van der Waals surface area (Å²) in [4.78, 5) is 16.1. The lowest BCUT2D eigenvalue weighted by atomic mass is 9.98. The molecule has 0 bridgehead atoms. The van der Waals surface area contributed by atoms with E-state index in [9.17, 15) is 15.0 Å². The van der Waals surface area contributed by atoms with Crippen molar-refractivity contribution in [1.82, 2.24) is 10.3 Å². The minimum absolute atomic E-state index is 0.167. The predicted molar refractivity (Wildman–Crippen MR) is 95.5 cm³/mol. The summed E-state index contributed by atoms with van der Waals surface area (Å²) in [6.45, 7) is 8.51. The lowest BCUT2D eigenvalue weighted by Crippen LogP contribution is -2.31. The molecular formula is C18H24N2O3S. The number of carboxylic acids is 1. The van der Waals surface area contributed by atoms with Crippen LogP contribution in [0, 0.1) is 6.92 Å². The van der Waals surface area contributed by atoms with Crippen molar-refractivity contribution in [2.75, 3.05) is 0 Å².